The van der Waals surface area contributed by atoms with Gasteiger partial charge in [-0.3, -0.25) is 4.98 Å². The Balaban J connectivity index is 1.98. The first kappa shape index (κ1) is 17.3. The Bertz CT molecular complexity index is 646. The van der Waals surface area contributed by atoms with Gasteiger partial charge in [0.05, 0.1) is 16.8 Å². The summed E-state index contributed by atoms with van der Waals surface area (Å²) in [5.41, 5.74) is -1.24. The molecular formula is C15H12F6N2. The summed E-state index contributed by atoms with van der Waals surface area (Å²) in [6.07, 6.45) is -8.23. The molecule has 0 aliphatic heterocycles. The average Bonchev–Trinajstić information content (AvgIpc) is 2.46. The molecule has 0 aliphatic rings. The first-order valence-corrected chi connectivity index (χ1v) is 6.56. The van der Waals surface area contributed by atoms with E-state index in [0.29, 0.717) is 11.9 Å². The molecule has 1 aromatic carbocycles. The van der Waals surface area contributed by atoms with Crippen LogP contribution in [0.5, 0.6) is 0 Å². The normalized spacial score (nSPS) is 12.4. The van der Waals surface area contributed by atoms with Crippen molar-refractivity contribution in [3.05, 3.63) is 65.0 Å². The van der Waals surface area contributed by atoms with Crippen LogP contribution >= 0.6 is 0 Å². The molecule has 1 heterocycles. The lowest BCUT2D eigenvalue weighted by Gasteiger charge is -2.13. The fourth-order valence-corrected chi connectivity index (χ4v) is 1.97. The number of aromatic nitrogens is 1. The third-order valence-electron chi connectivity index (χ3n) is 3.10. The van der Waals surface area contributed by atoms with Crippen LogP contribution in [0, 0.1) is 0 Å². The standard InChI is InChI=1S/C15H12F6N2/c16-14(17,18)11-5-6-12(23-8-11)9-22-7-10-3-1-2-4-13(10)15(19,20)21/h1-6,8,22H,7,9H2. The second-order valence-electron chi connectivity index (χ2n) is 4.79. The van der Waals surface area contributed by atoms with Gasteiger partial charge in [-0.25, -0.2) is 0 Å². The topological polar surface area (TPSA) is 24.9 Å². The molecule has 2 rings (SSSR count). The summed E-state index contributed by atoms with van der Waals surface area (Å²) in [6, 6.07) is 7.18. The van der Waals surface area contributed by atoms with Gasteiger partial charge in [0.25, 0.3) is 0 Å². The largest absolute Gasteiger partial charge is 0.417 e. The third-order valence-corrected chi connectivity index (χ3v) is 3.10. The molecule has 0 fully saturated rings. The molecule has 0 amide bonds. The summed E-state index contributed by atoms with van der Waals surface area (Å²) < 4.78 is 75.6. The minimum atomic E-state index is -4.47. The molecule has 124 valence electrons. The lowest BCUT2D eigenvalue weighted by atomic mass is 10.1. The van der Waals surface area contributed by atoms with Crippen LogP contribution in [-0.4, -0.2) is 4.98 Å². The quantitative estimate of drug-likeness (QED) is 0.838. The molecule has 0 spiro atoms. The fraction of sp³-hybridized carbons (Fsp3) is 0.267. The molecule has 23 heavy (non-hydrogen) atoms. The molecule has 0 atom stereocenters. The van der Waals surface area contributed by atoms with Crippen molar-refractivity contribution in [2.75, 3.05) is 0 Å². The minimum Gasteiger partial charge on any atom is -0.307 e. The van der Waals surface area contributed by atoms with Gasteiger partial charge in [-0.2, -0.15) is 26.3 Å². The first-order valence-electron chi connectivity index (χ1n) is 6.56. The van der Waals surface area contributed by atoms with Gasteiger partial charge in [0.2, 0.25) is 0 Å². The van der Waals surface area contributed by atoms with E-state index >= 15 is 0 Å². The van der Waals surface area contributed by atoms with Crippen LogP contribution in [0.3, 0.4) is 0 Å². The highest BCUT2D eigenvalue weighted by Crippen LogP contribution is 2.32. The van der Waals surface area contributed by atoms with Crippen molar-refractivity contribution in [1.29, 1.82) is 0 Å². The monoisotopic (exact) mass is 334 g/mol. The summed E-state index contributed by atoms with van der Waals surface area (Å²) in [4.78, 5) is 3.64. The second-order valence-corrected chi connectivity index (χ2v) is 4.79. The van der Waals surface area contributed by atoms with E-state index in [-0.39, 0.29) is 18.7 Å². The number of hydrogen-bond donors (Lipinski definition) is 1. The smallest absolute Gasteiger partial charge is 0.307 e. The molecule has 1 aromatic heterocycles. The van der Waals surface area contributed by atoms with Gasteiger partial charge in [-0.05, 0) is 23.8 Å². The highest BCUT2D eigenvalue weighted by Gasteiger charge is 2.32. The predicted octanol–water partition coefficient (Wildman–Crippen LogP) is 4.41. The van der Waals surface area contributed by atoms with E-state index in [2.05, 4.69) is 10.3 Å². The molecule has 0 radical (unpaired) electrons. The maximum Gasteiger partial charge on any atom is 0.417 e. The van der Waals surface area contributed by atoms with Gasteiger partial charge < -0.3 is 5.32 Å². The molecule has 8 heteroatoms. The van der Waals surface area contributed by atoms with Gasteiger partial charge in [-0.15, -0.1) is 0 Å². The second kappa shape index (κ2) is 6.57. The zero-order valence-corrected chi connectivity index (χ0v) is 11.7. The number of halogens is 6. The van der Waals surface area contributed by atoms with Gasteiger partial charge in [-0.1, -0.05) is 18.2 Å². The van der Waals surface area contributed by atoms with Gasteiger partial charge in [0.15, 0.2) is 0 Å². The van der Waals surface area contributed by atoms with Gasteiger partial charge in [0, 0.05) is 19.3 Å². The van der Waals surface area contributed by atoms with Crippen molar-refractivity contribution < 1.29 is 26.3 Å². The Morgan fingerprint density at radius 2 is 1.52 bits per heavy atom. The van der Waals surface area contributed by atoms with E-state index in [1.54, 1.807) is 0 Å². The lowest BCUT2D eigenvalue weighted by molar-refractivity contribution is -0.138. The Morgan fingerprint density at radius 1 is 0.826 bits per heavy atom. The first-order chi connectivity index (χ1) is 10.7. The summed E-state index contributed by atoms with van der Waals surface area (Å²) >= 11 is 0. The Hall–Kier alpha value is -2.09. The fourth-order valence-electron chi connectivity index (χ4n) is 1.97. The molecule has 0 bridgehead atoms. The third kappa shape index (κ3) is 4.69. The van der Waals surface area contributed by atoms with E-state index in [0.717, 1.165) is 12.1 Å². The molecule has 1 N–H and O–H groups in total. The minimum absolute atomic E-state index is 0.0598. The SMILES string of the molecule is FC(F)(F)c1ccc(CNCc2ccccc2C(F)(F)F)nc1. The van der Waals surface area contributed by atoms with Gasteiger partial charge in [0.1, 0.15) is 0 Å². The van der Waals surface area contributed by atoms with E-state index in [1.165, 1.54) is 24.3 Å². The number of nitrogens with one attached hydrogen (secondary N) is 1. The van der Waals surface area contributed by atoms with Crippen molar-refractivity contribution in [3.63, 3.8) is 0 Å². The Morgan fingerprint density at radius 3 is 2.09 bits per heavy atom. The highest BCUT2D eigenvalue weighted by molar-refractivity contribution is 5.29. The molecule has 2 aromatic rings. The molecule has 2 nitrogen and oxygen atoms in total. The summed E-state index contributed by atoms with van der Waals surface area (Å²) in [7, 11) is 0. The highest BCUT2D eigenvalue weighted by atomic mass is 19.4. The maximum absolute atomic E-state index is 12.8. The number of hydrogen-bond acceptors (Lipinski definition) is 2. The van der Waals surface area contributed by atoms with E-state index in [1.807, 2.05) is 0 Å². The van der Waals surface area contributed by atoms with Crippen LogP contribution in [0.4, 0.5) is 26.3 Å². The van der Waals surface area contributed by atoms with Crippen molar-refractivity contribution in [2.24, 2.45) is 0 Å². The molecule has 0 saturated carbocycles. The average molecular weight is 334 g/mol. The Kier molecular flexibility index (Phi) is 4.93. The van der Waals surface area contributed by atoms with Crippen molar-refractivity contribution in [3.8, 4) is 0 Å². The van der Waals surface area contributed by atoms with Crippen LogP contribution < -0.4 is 5.32 Å². The van der Waals surface area contributed by atoms with Crippen LogP contribution in [0.2, 0.25) is 0 Å². The summed E-state index contributed by atoms with van der Waals surface area (Å²) in [6.45, 7) is -0.0112. The summed E-state index contributed by atoms with van der Waals surface area (Å²) in [5.74, 6) is 0. The molecule has 0 unspecified atom stereocenters. The van der Waals surface area contributed by atoms with E-state index in [4.69, 9.17) is 0 Å². The van der Waals surface area contributed by atoms with E-state index < -0.39 is 23.5 Å². The lowest BCUT2D eigenvalue weighted by Crippen LogP contribution is -2.18. The number of alkyl halides is 6. The maximum atomic E-state index is 12.8. The van der Waals surface area contributed by atoms with Crippen LogP contribution in [0.15, 0.2) is 42.6 Å². The number of pyridine rings is 1. The molecule has 0 aliphatic carbocycles. The zero-order chi connectivity index (χ0) is 17.1. The number of nitrogens with zero attached hydrogens (tertiary/aromatic N) is 1. The zero-order valence-electron chi connectivity index (χ0n) is 11.7. The number of benzene rings is 1. The van der Waals surface area contributed by atoms with Crippen LogP contribution in [0.1, 0.15) is 22.4 Å². The van der Waals surface area contributed by atoms with Gasteiger partial charge >= 0.3 is 12.4 Å². The number of rotatable bonds is 4. The van der Waals surface area contributed by atoms with Crippen molar-refractivity contribution >= 4 is 0 Å². The van der Waals surface area contributed by atoms with Crippen LogP contribution in [-0.2, 0) is 25.4 Å². The van der Waals surface area contributed by atoms with E-state index in [9.17, 15) is 26.3 Å². The van der Waals surface area contributed by atoms with Crippen molar-refractivity contribution in [2.45, 2.75) is 25.4 Å². The summed E-state index contributed by atoms with van der Waals surface area (Å²) in [5, 5.41) is 2.74. The van der Waals surface area contributed by atoms with Crippen molar-refractivity contribution in [1.82, 2.24) is 10.3 Å². The Labute approximate surface area is 128 Å². The van der Waals surface area contributed by atoms with Crippen LogP contribution in [0.25, 0.3) is 0 Å². The predicted molar refractivity (Wildman–Crippen MR) is 71.2 cm³/mol. The molecule has 0 saturated heterocycles. The molecular weight excluding hydrogens is 322 g/mol.